The summed E-state index contributed by atoms with van der Waals surface area (Å²) in [6, 6.07) is 4.14. The van der Waals surface area contributed by atoms with E-state index >= 15 is 0 Å². The summed E-state index contributed by atoms with van der Waals surface area (Å²) in [7, 11) is 1.28. The van der Waals surface area contributed by atoms with E-state index in [1.54, 1.807) is 25.1 Å². The van der Waals surface area contributed by atoms with Crippen LogP contribution in [0.5, 0.6) is 0 Å². The average Bonchev–Trinajstić information content (AvgIpc) is 2.36. The number of ether oxygens (including phenoxy) is 1. The van der Waals surface area contributed by atoms with Crippen LogP contribution in [0.15, 0.2) is 18.2 Å². The Bertz CT molecular complexity index is 517. The van der Waals surface area contributed by atoms with Crippen LogP contribution in [-0.2, 0) is 9.53 Å². The van der Waals surface area contributed by atoms with Crippen molar-refractivity contribution >= 4 is 40.9 Å². The van der Waals surface area contributed by atoms with Crippen molar-refractivity contribution in [2.75, 3.05) is 12.4 Å². The Kier molecular flexibility index (Phi) is 6.30. The van der Waals surface area contributed by atoms with Gasteiger partial charge in [0.2, 0.25) is 0 Å². The Hall–Kier alpha value is -1.46. The van der Waals surface area contributed by atoms with Gasteiger partial charge in [0.15, 0.2) is 0 Å². The highest BCUT2D eigenvalue weighted by Gasteiger charge is 2.35. The molecule has 0 bridgehead atoms. The molecule has 0 heterocycles. The first-order chi connectivity index (χ1) is 9.80. The molecule has 0 spiro atoms. The van der Waals surface area contributed by atoms with Crippen LogP contribution in [0.25, 0.3) is 0 Å². The molecule has 116 valence electrons. The zero-order valence-electron chi connectivity index (χ0n) is 12.1. The number of urea groups is 1. The van der Waals surface area contributed by atoms with Gasteiger partial charge in [-0.2, -0.15) is 0 Å². The van der Waals surface area contributed by atoms with Gasteiger partial charge < -0.3 is 15.4 Å². The second kappa shape index (κ2) is 7.52. The Morgan fingerprint density at radius 3 is 2.29 bits per heavy atom. The average molecular weight is 333 g/mol. The minimum atomic E-state index is -1.09. The third-order valence-electron chi connectivity index (χ3n) is 2.90. The molecule has 0 saturated heterocycles. The lowest BCUT2D eigenvalue weighted by Crippen LogP contribution is -2.54. The van der Waals surface area contributed by atoms with Gasteiger partial charge in [-0.15, -0.1) is 0 Å². The molecule has 7 heteroatoms. The number of rotatable bonds is 5. The highest BCUT2D eigenvalue weighted by molar-refractivity contribution is 6.35. The number of methoxy groups -OCH3 is 1. The SMILES string of the molecule is CCCC(C)(NC(=O)Nc1cc(Cl)cc(Cl)c1)C(=O)OC. The molecule has 2 amide bonds. The summed E-state index contributed by atoms with van der Waals surface area (Å²) in [6.07, 6.45) is 1.18. The van der Waals surface area contributed by atoms with Crippen molar-refractivity contribution in [2.24, 2.45) is 0 Å². The third kappa shape index (κ3) is 5.10. The van der Waals surface area contributed by atoms with Crippen molar-refractivity contribution in [2.45, 2.75) is 32.2 Å². The van der Waals surface area contributed by atoms with Crippen LogP contribution in [-0.4, -0.2) is 24.6 Å². The second-order valence-corrected chi connectivity index (χ2v) is 5.68. The fourth-order valence-electron chi connectivity index (χ4n) is 1.98. The summed E-state index contributed by atoms with van der Waals surface area (Å²) in [4.78, 5) is 23.8. The van der Waals surface area contributed by atoms with Gasteiger partial charge in [0, 0.05) is 15.7 Å². The minimum absolute atomic E-state index is 0.405. The first kappa shape index (κ1) is 17.6. The summed E-state index contributed by atoms with van der Waals surface area (Å²) < 4.78 is 4.73. The van der Waals surface area contributed by atoms with E-state index in [0.29, 0.717) is 22.2 Å². The van der Waals surface area contributed by atoms with E-state index in [0.717, 1.165) is 6.42 Å². The monoisotopic (exact) mass is 332 g/mol. The first-order valence-corrected chi connectivity index (χ1v) is 7.20. The molecule has 0 radical (unpaired) electrons. The van der Waals surface area contributed by atoms with Crippen molar-refractivity contribution in [1.82, 2.24) is 5.32 Å². The maximum absolute atomic E-state index is 12.0. The summed E-state index contributed by atoms with van der Waals surface area (Å²) in [5.74, 6) is -0.497. The molecule has 0 aliphatic carbocycles. The van der Waals surface area contributed by atoms with Crippen LogP contribution >= 0.6 is 23.2 Å². The highest BCUT2D eigenvalue weighted by Crippen LogP contribution is 2.22. The number of hydrogen-bond acceptors (Lipinski definition) is 3. The topological polar surface area (TPSA) is 67.4 Å². The molecule has 1 unspecified atom stereocenters. The molecule has 1 rings (SSSR count). The summed E-state index contributed by atoms with van der Waals surface area (Å²) in [5, 5.41) is 6.02. The van der Waals surface area contributed by atoms with Gasteiger partial charge in [0.1, 0.15) is 5.54 Å². The van der Waals surface area contributed by atoms with E-state index < -0.39 is 17.5 Å². The van der Waals surface area contributed by atoms with Crippen LogP contribution < -0.4 is 10.6 Å². The van der Waals surface area contributed by atoms with E-state index in [1.165, 1.54) is 7.11 Å². The number of benzene rings is 1. The van der Waals surface area contributed by atoms with Gasteiger partial charge in [0.25, 0.3) is 0 Å². The van der Waals surface area contributed by atoms with Gasteiger partial charge in [-0.05, 0) is 31.5 Å². The number of carbonyl (C=O) groups is 2. The Balaban J connectivity index is 2.81. The molecule has 0 aliphatic rings. The van der Waals surface area contributed by atoms with Crippen LogP contribution in [0.1, 0.15) is 26.7 Å². The van der Waals surface area contributed by atoms with E-state index in [2.05, 4.69) is 10.6 Å². The van der Waals surface area contributed by atoms with Crippen molar-refractivity contribution in [3.8, 4) is 0 Å². The van der Waals surface area contributed by atoms with Gasteiger partial charge >= 0.3 is 12.0 Å². The van der Waals surface area contributed by atoms with Crippen molar-refractivity contribution in [1.29, 1.82) is 0 Å². The smallest absolute Gasteiger partial charge is 0.331 e. The molecule has 0 saturated carbocycles. The lowest BCUT2D eigenvalue weighted by Gasteiger charge is -2.27. The molecule has 0 aromatic heterocycles. The van der Waals surface area contributed by atoms with E-state index in [1.807, 2.05) is 6.92 Å². The molecule has 5 nitrogen and oxygen atoms in total. The van der Waals surface area contributed by atoms with Crippen molar-refractivity contribution in [3.05, 3.63) is 28.2 Å². The van der Waals surface area contributed by atoms with E-state index in [-0.39, 0.29) is 0 Å². The lowest BCUT2D eigenvalue weighted by atomic mass is 9.96. The third-order valence-corrected chi connectivity index (χ3v) is 3.33. The molecule has 1 atom stereocenters. The molecular weight excluding hydrogens is 315 g/mol. The maximum atomic E-state index is 12.0. The maximum Gasteiger partial charge on any atom is 0.331 e. The zero-order valence-corrected chi connectivity index (χ0v) is 13.6. The fourth-order valence-corrected chi connectivity index (χ4v) is 2.51. The Morgan fingerprint density at radius 1 is 1.24 bits per heavy atom. The summed E-state index contributed by atoms with van der Waals surface area (Å²) in [5.41, 5.74) is -0.649. The number of halogens is 2. The van der Waals surface area contributed by atoms with Crippen LogP contribution in [0, 0.1) is 0 Å². The van der Waals surface area contributed by atoms with Gasteiger partial charge in [-0.3, -0.25) is 0 Å². The molecule has 1 aromatic carbocycles. The van der Waals surface area contributed by atoms with Crippen LogP contribution in [0.2, 0.25) is 10.0 Å². The molecule has 0 aliphatic heterocycles. The molecule has 2 N–H and O–H groups in total. The molecule has 21 heavy (non-hydrogen) atoms. The second-order valence-electron chi connectivity index (χ2n) is 4.81. The Morgan fingerprint density at radius 2 is 1.81 bits per heavy atom. The van der Waals surface area contributed by atoms with Crippen molar-refractivity contribution in [3.63, 3.8) is 0 Å². The molecule has 0 fully saturated rings. The quantitative estimate of drug-likeness (QED) is 0.805. The van der Waals surface area contributed by atoms with Crippen molar-refractivity contribution < 1.29 is 14.3 Å². The van der Waals surface area contributed by atoms with Crippen LogP contribution in [0.4, 0.5) is 10.5 Å². The first-order valence-electron chi connectivity index (χ1n) is 6.44. The minimum Gasteiger partial charge on any atom is -0.467 e. The largest absolute Gasteiger partial charge is 0.467 e. The fraction of sp³-hybridized carbons (Fsp3) is 0.429. The highest BCUT2D eigenvalue weighted by atomic mass is 35.5. The normalized spacial score (nSPS) is 13.2. The Labute approximate surface area is 133 Å². The predicted molar refractivity (Wildman–Crippen MR) is 83.9 cm³/mol. The zero-order chi connectivity index (χ0) is 16.0. The standard InChI is InChI=1S/C14H18Cl2N2O3/c1-4-5-14(2,12(19)21-3)18-13(20)17-11-7-9(15)6-10(16)8-11/h6-8H,4-5H2,1-3H3,(H2,17,18,20). The van der Waals surface area contributed by atoms with Crippen LogP contribution in [0.3, 0.4) is 0 Å². The molecule has 1 aromatic rings. The number of carbonyl (C=O) groups excluding carboxylic acids is 2. The predicted octanol–water partition coefficient (Wildman–Crippen LogP) is 3.85. The van der Waals surface area contributed by atoms with E-state index in [4.69, 9.17) is 27.9 Å². The van der Waals surface area contributed by atoms with Gasteiger partial charge in [-0.25, -0.2) is 9.59 Å². The summed E-state index contributed by atoms with van der Waals surface area (Å²) >= 11 is 11.7. The number of nitrogens with one attached hydrogen (secondary N) is 2. The number of hydrogen-bond donors (Lipinski definition) is 2. The lowest BCUT2D eigenvalue weighted by molar-refractivity contribution is -0.147. The molecular formula is C14H18Cl2N2O3. The summed E-state index contributed by atoms with van der Waals surface area (Å²) in [6.45, 7) is 3.53. The number of esters is 1. The number of anilines is 1. The number of amides is 2. The van der Waals surface area contributed by atoms with E-state index in [9.17, 15) is 9.59 Å². The van der Waals surface area contributed by atoms with Gasteiger partial charge in [-0.1, -0.05) is 36.5 Å². The van der Waals surface area contributed by atoms with Gasteiger partial charge in [0.05, 0.1) is 7.11 Å².